The molecular formula is C19H15N3O2. The number of carbonyl (C=O) groups is 1. The third-order valence-electron chi connectivity index (χ3n) is 3.64. The first-order valence-electron chi connectivity index (χ1n) is 7.44. The molecule has 118 valence electrons. The van der Waals surface area contributed by atoms with Gasteiger partial charge >= 0.3 is 0 Å². The van der Waals surface area contributed by atoms with Crippen molar-refractivity contribution in [2.75, 3.05) is 7.05 Å². The van der Waals surface area contributed by atoms with Gasteiger partial charge in [-0.3, -0.25) is 4.79 Å². The number of hydrogen-bond acceptors (Lipinski definition) is 4. The molecule has 3 rings (SSSR count). The minimum absolute atomic E-state index is 0.217. The molecule has 0 fully saturated rings. The summed E-state index contributed by atoms with van der Waals surface area (Å²) in [6, 6.07) is 20.4. The standard InChI is InChI=1S/C19H15N3O2/c1-22(13-15-9-7-14(12-20)8-10-15)19(23)17-11-18(24-21-17)16-5-3-2-4-6-16/h2-11H,13H2,1H3. The number of nitrogens with zero attached hydrogens (tertiary/aromatic N) is 3. The summed E-state index contributed by atoms with van der Waals surface area (Å²) in [5, 5.41) is 12.7. The van der Waals surface area contributed by atoms with Crippen LogP contribution in [-0.2, 0) is 6.54 Å². The molecule has 0 bridgehead atoms. The van der Waals surface area contributed by atoms with Crippen molar-refractivity contribution in [1.82, 2.24) is 10.1 Å². The minimum atomic E-state index is -0.217. The van der Waals surface area contributed by atoms with Crippen LogP contribution in [0.1, 0.15) is 21.6 Å². The summed E-state index contributed by atoms with van der Waals surface area (Å²) in [4.78, 5) is 14.0. The second-order valence-corrected chi connectivity index (χ2v) is 5.41. The first-order chi connectivity index (χ1) is 11.7. The molecule has 5 nitrogen and oxygen atoms in total. The van der Waals surface area contributed by atoms with E-state index >= 15 is 0 Å². The SMILES string of the molecule is CN(Cc1ccc(C#N)cc1)C(=O)c1cc(-c2ccccc2)on1. The summed E-state index contributed by atoms with van der Waals surface area (Å²) >= 11 is 0. The third kappa shape index (κ3) is 3.33. The van der Waals surface area contributed by atoms with Gasteiger partial charge in [-0.1, -0.05) is 47.6 Å². The largest absolute Gasteiger partial charge is 0.355 e. The fraction of sp³-hybridized carbons (Fsp3) is 0.105. The van der Waals surface area contributed by atoms with Crippen LogP contribution in [0.4, 0.5) is 0 Å². The van der Waals surface area contributed by atoms with Gasteiger partial charge in [-0.2, -0.15) is 5.26 Å². The molecule has 0 saturated heterocycles. The number of hydrogen-bond donors (Lipinski definition) is 0. The van der Waals surface area contributed by atoms with Crippen molar-refractivity contribution >= 4 is 5.91 Å². The maximum absolute atomic E-state index is 12.5. The van der Waals surface area contributed by atoms with Crippen LogP contribution in [0.25, 0.3) is 11.3 Å². The minimum Gasteiger partial charge on any atom is -0.355 e. The molecule has 0 aliphatic rings. The summed E-state index contributed by atoms with van der Waals surface area (Å²) in [6.07, 6.45) is 0. The number of rotatable bonds is 4. The van der Waals surface area contributed by atoms with Crippen molar-refractivity contribution in [1.29, 1.82) is 5.26 Å². The third-order valence-corrected chi connectivity index (χ3v) is 3.64. The summed E-state index contributed by atoms with van der Waals surface area (Å²) in [5.41, 5.74) is 2.68. The highest BCUT2D eigenvalue weighted by atomic mass is 16.5. The Morgan fingerprint density at radius 2 is 1.88 bits per heavy atom. The fourth-order valence-electron chi connectivity index (χ4n) is 2.34. The Morgan fingerprint density at radius 3 is 2.54 bits per heavy atom. The predicted octanol–water partition coefficient (Wildman–Crippen LogP) is 3.49. The molecule has 0 saturated carbocycles. The van der Waals surface area contributed by atoms with Gasteiger partial charge in [0.1, 0.15) is 0 Å². The molecule has 2 aromatic carbocycles. The van der Waals surface area contributed by atoms with E-state index in [1.54, 1.807) is 30.1 Å². The van der Waals surface area contributed by atoms with Crippen LogP contribution in [0.3, 0.4) is 0 Å². The number of benzene rings is 2. The predicted molar refractivity (Wildman–Crippen MR) is 88.9 cm³/mol. The van der Waals surface area contributed by atoms with Crippen molar-refractivity contribution in [3.63, 3.8) is 0 Å². The topological polar surface area (TPSA) is 70.1 Å². The summed E-state index contributed by atoms with van der Waals surface area (Å²) in [5.74, 6) is 0.344. The molecule has 5 heteroatoms. The average molecular weight is 317 g/mol. The van der Waals surface area contributed by atoms with Crippen molar-refractivity contribution < 1.29 is 9.32 Å². The lowest BCUT2D eigenvalue weighted by Gasteiger charge is -2.15. The second-order valence-electron chi connectivity index (χ2n) is 5.41. The van der Waals surface area contributed by atoms with E-state index in [0.29, 0.717) is 17.9 Å². The first-order valence-corrected chi connectivity index (χ1v) is 7.44. The van der Waals surface area contributed by atoms with Crippen molar-refractivity contribution in [3.8, 4) is 17.4 Å². The van der Waals surface area contributed by atoms with E-state index in [-0.39, 0.29) is 11.6 Å². The van der Waals surface area contributed by atoms with E-state index in [1.807, 2.05) is 42.5 Å². The van der Waals surface area contributed by atoms with Crippen LogP contribution < -0.4 is 0 Å². The van der Waals surface area contributed by atoms with Crippen LogP contribution >= 0.6 is 0 Å². The Bertz CT molecular complexity index is 877. The molecule has 0 radical (unpaired) electrons. The smallest absolute Gasteiger partial charge is 0.276 e. The Labute approximate surface area is 139 Å². The van der Waals surface area contributed by atoms with Crippen molar-refractivity contribution in [2.45, 2.75) is 6.54 Å². The fourth-order valence-corrected chi connectivity index (χ4v) is 2.34. The van der Waals surface area contributed by atoms with Crippen LogP contribution in [0, 0.1) is 11.3 Å². The van der Waals surface area contributed by atoms with Gasteiger partial charge in [-0.05, 0) is 17.7 Å². The molecule has 0 aliphatic heterocycles. The maximum atomic E-state index is 12.5. The molecule has 0 aliphatic carbocycles. The molecule has 24 heavy (non-hydrogen) atoms. The molecule has 1 amide bonds. The number of carbonyl (C=O) groups excluding carboxylic acids is 1. The van der Waals surface area contributed by atoms with Crippen molar-refractivity contribution in [2.24, 2.45) is 0 Å². The Kier molecular flexibility index (Phi) is 4.39. The van der Waals surface area contributed by atoms with Crippen LogP contribution in [0.5, 0.6) is 0 Å². The van der Waals surface area contributed by atoms with Crippen molar-refractivity contribution in [3.05, 3.63) is 77.5 Å². The highest BCUT2D eigenvalue weighted by molar-refractivity contribution is 5.92. The number of aromatic nitrogens is 1. The summed E-state index contributed by atoms with van der Waals surface area (Å²) < 4.78 is 5.27. The molecule has 1 heterocycles. The van der Waals surface area contributed by atoms with E-state index < -0.39 is 0 Å². The zero-order chi connectivity index (χ0) is 16.9. The molecule has 1 aromatic heterocycles. The van der Waals surface area contributed by atoms with Gasteiger partial charge in [0.15, 0.2) is 11.5 Å². The van der Waals surface area contributed by atoms with Gasteiger partial charge in [-0.15, -0.1) is 0 Å². The first kappa shape index (κ1) is 15.5. The van der Waals surface area contributed by atoms with Gasteiger partial charge in [0.05, 0.1) is 11.6 Å². The van der Waals surface area contributed by atoms with Gasteiger partial charge in [0.2, 0.25) is 0 Å². The Hall–Kier alpha value is -3.39. The van der Waals surface area contributed by atoms with E-state index in [2.05, 4.69) is 11.2 Å². The van der Waals surface area contributed by atoms with Crippen LogP contribution in [-0.4, -0.2) is 23.0 Å². The molecule has 0 N–H and O–H groups in total. The summed E-state index contributed by atoms with van der Waals surface area (Å²) in [7, 11) is 1.71. The Balaban J connectivity index is 1.71. The second kappa shape index (κ2) is 6.80. The van der Waals surface area contributed by atoms with Gasteiger partial charge in [0, 0.05) is 25.2 Å². The van der Waals surface area contributed by atoms with Gasteiger partial charge < -0.3 is 9.42 Å². The highest BCUT2D eigenvalue weighted by Crippen LogP contribution is 2.20. The number of nitriles is 1. The van der Waals surface area contributed by atoms with E-state index in [9.17, 15) is 4.79 Å². The van der Waals surface area contributed by atoms with Crippen LogP contribution in [0.15, 0.2) is 65.2 Å². The normalized spacial score (nSPS) is 10.2. The lowest BCUT2D eigenvalue weighted by atomic mass is 10.1. The molecule has 0 atom stereocenters. The maximum Gasteiger partial charge on any atom is 0.276 e. The molecule has 0 unspecified atom stereocenters. The van der Waals surface area contributed by atoms with Gasteiger partial charge in [-0.25, -0.2) is 0 Å². The zero-order valence-corrected chi connectivity index (χ0v) is 13.1. The molecule has 3 aromatic rings. The van der Waals surface area contributed by atoms with E-state index in [1.165, 1.54) is 0 Å². The molecular weight excluding hydrogens is 302 g/mol. The summed E-state index contributed by atoms with van der Waals surface area (Å²) in [6.45, 7) is 0.429. The highest BCUT2D eigenvalue weighted by Gasteiger charge is 2.17. The van der Waals surface area contributed by atoms with E-state index in [4.69, 9.17) is 9.78 Å². The van der Waals surface area contributed by atoms with E-state index in [0.717, 1.165) is 11.1 Å². The lowest BCUT2D eigenvalue weighted by molar-refractivity contribution is 0.0775. The van der Waals surface area contributed by atoms with Gasteiger partial charge in [0.25, 0.3) is 5.91 Å². The monoisotopic (exact) mass is 317 g/mol. The number of amides is 1. The zero-order valence-electron chi connectivity index (χ0n) is 13.1. The van der Waals surface area contributed by atoms with Crippen LogP contribution in [0.2, 0.25) is 0 Å². The molecule has 0 spiro atoms. The quantitative estimate of drug-likeness (QED) is 0.738. The lowest BCUT2D eigenvalue weighted by Crippen LogP contribution is -2.26. The Morgan fingerprint density at radius 1 is 1.17 bits per heavy atom. The average Bonchev–Trinajstić information content (AvgIpc) is 3.12.